The van der Waals surface area contributed by atoms with Gasteiger partial charge in [-0.15, -0.1) is 0 Å². The lowest BCUT2D eigenvalue weighted by atomic mass is 9.60. The number of fused-ring (bicyclic) bond motifs is 6. The molecule has 0 heteroatoms. The van der Waals surface area contributed by atoms with Crippen LogP contribution in [0.15, 0.2) is 0 Å². The Morgan fingerprint density at radius 3 is 0.733 bits per heavy atom. The largest absolute Gasteiger partial charge is 0.0527 e. The Kier molecular flexibility index (Phi) is 1.96. The maximum Gasteiger partial charge on any atom is -0.0352 e. The Labute approximate surface area is 93.8 Å². The van der Waals surface area contributed by atoms with Gasteiger partial charge in [0.2, 0.25) is 0 Å². The highest BCUT2D eigenvalue weighted by molar-refractivity contribution is 5.03. The van der Waals surface area contributed by atoms with Crippen molar-refractivity contribution in [3.63, 3.8) is 0 Å². The summed E-state index contributed by atoms with van der Waals surface area (Å²) < 4.78 is 0. The predicted octanol–water partition coefficient (Wildman–Crippen LogP) is 4.25. The van der Waals surface area contributed by atoms with E-state index in [0.29, 0.717) is 0 Å². The van der Waals surface area contributed by atoms with Crippen molar-refractivity contribution in [2.75, 3.05) is 0 Å². The summed E-state index contributed by atoms with van der Waals surface area (Å²) in [7, 11) is 0. The van der Waals surface area contributed by atoms with Gasteiger partial charge in [-0.25, -0.2) is 0 Å². The van der Waals surface area contributed by atoms with E-state index in [2.05, 4.69) is 0 Å². The average Bonchev–Trinajstić information content (AvgIpc) is 2.97. The van der Waals surface area contributed by atoms with Gasteiger partial charge in [0.25, 0.3) is 0 Å². The van der Waals surface area contributed by atoms with Crippen molar-refractivity contribution in [3.05, 3.63) is 0 Å². The fraction of sp³-hybridized carbons (Fsp3) is 1.00. The van der Waals surface area contributed by atoms with E-state index in [9.17, 15) is 0 Å². The molecule has 0 aromatic carbocycles. The lowest BCUT2D eigenvalue weighted by Crippen LogP contribution is -2.39. The van der Waals surface area contributed by atoms with Crippen LogP contribution in [0, 0.1) is 35.5 Å². The third kappa shape index (κ3) is 1.14. The Balaban J connectivity index is 1.70. The molecule has 0 aliphatic heterocycles. The molecule has 4 fully saturated rings. The van der Waals surface area contributed by atoms with E-state index in [0.717, 1.165) is 0 Å². The summed E-state index contributed by atoms with van der Waals surface area (Å²) in [5.41, 5.74) is 0. The molecular formula is C15H24. The van der Waals surface area contributed by atoms with Crippen molar-refractivity contribution in [1.29, 1.82) is 0 Å². The first-order chi connectivity index (χ1) is 7.45. The van der Waals surface area contributed by atoms with Gasteiger partial charge in [-0.05, 0) is 74.0 Å². The molecule has 0 spiro atoms. The van der Waals surface area contributed by atoms with Crippen molar-refractivity contribution in [2.24, 2.45) is 35.5 Å². The van der Waals surface area contributed by atoms with Gasteiger partial charge in [0.05, 0.1) is 0 Å². The van der Waals surface area contributed by atoms with Crippen LogP contribution in [-0.2, 0) is 0 Å². The molecule has 0 radical (unpaired) electrons. The molecule has 0 aromatic rings. The van der Waals surface area contributed by atoms with E-state index in [1.807, 2.05) is 0 Å². The lowest BCUT2D eigenvalue weighted by molar-refractivity contribution is 0.0302. The Morgan fingerprint density at radius 2 is 0.533 bits per heavy atom. The van der Waals surface area contributed by atoms with Crippen molar-refractivity contribution in [2.45, 2.75) is 57.8 Å². The second kappa shape index (κ2) is 3.25. The molecule has 4 aliphatic carbocycles. The van der Waals surface area contributed by atoms with E-state index in [4.69, 9.17) is 0 Å². The molecule has 0 N–H and O–H groups in total. The summed E-state index contributed by atoms with van der Waals surface area (Å²) in [5.74, 6) is 7.15. The molecule has 4 rings (SSSR count). The Bertz CT molecular complexity index is 178. The minimum Gasteiger partial charge on any atom is -0.0527 e. The number of rotatable bonds is 0. The fourth-order valence-electron chi connectivity index (χ4n) is 6.24. The van der Waals surface area contributed by atoms with Crippen LogP contribution >= 0.6 is 0 Å². The van der Waals surface area contributed by atoms with E-state index in [1.165, 1.54) is 35.5 Å². The summed E-state index contributed by atoms with van der Waals surface area (Å²) in [6, 6.07) is 0. The van der Waals surface area contributed by atoms with Gasteiger partial charge < -0.3 is 0 Å². The predicted molar refractivity (Wildman–Crippen MR) is 62.5 cm³/mol. The second-order valence-corrected chi connectivity index (χ2v) is 6.78. The highest BCUT2D eigenvalue weighted by Gasteiger charge is 2.53. The summed E-state index contributed by atoms with van der Waals surface area (Å²) in [4.78, 5) is 0. The molecular weight excluding hydrogens is 180 g/mol. The lowest BCUT2D eigenvalue weighted by Gasteiger charge is -2.45. The van der Waals surface area contributed by atoms with Crippen LogP contribution < -0.4 is 0 Å². The average molecular weight is 204 g/mol. The summed E-state index contributed by atoms with van der Waals surface area (Å²) >= 11 is 0. The maximum absolute atomic E-state index is 1.61. The second-order valence-electron chi connectivity index (χ2n) is 6.78. The minimum absolute atomic E-state index is 1.19. The number of hydrogen-bond donors (Lipinski definition) is 0. The van der Waals surface area contributed by atoms with Crippen LogP contribution in [0.4, 0.5) is 0 Å². The maximum atomic E-state index is 1.61. The molecule has 84 valence electrons. The Hall–Kier alpha value is 0. The fourth-order valence-corrected chi connectivity index (χ4v) is 6.24. The standard InChI is InChI=1S/C15H24/c1-4-10-11(5-1)13-7-3-9-15(13)14-8-2-6-12(10)14/h10-15H,1-9H2. The van der Waals surface area contributed by atoms with Gasteiger partial charge in [-0.1, -0.05) is 19.3 Å². The molecule has 0 atom stereocenters. The van der Waals surface area contributed by atoms with Crippen molar-refractivity contribution in [1.82, 2.24) is 0 Å². The zero-order valence-corrected chi connectivity index (χ0v) is 9.83. The molecule has 0 bridgehead atoms. The van der Waals surface area contributed by atoms with Gasteiger partial charge in [-0.2, -0.15) is 0 Å². The van der Waals surface area contributed by atoms with Crippen LogP contribution in [0.1, 0.15) is 57.8 Å². The molecule has 15 heavy (non-hydrogen) atoms. The molecule has 0 unspecified atom stereocenters. The topological polar surface area (TPSA) is 0 Å². The highest BCUT2D eigenvalue weighted by Crippen LogP contribution is 2.62. The summed E-state index contributed by atoms with van der Waals surface area (Å²) in [6.45, 7) is 0. The van der Waals surface area contributed by atoms with Crippen LogP contribution in [0.3, 0.4) is 0 Å². The zero-order chi connectivity index (χ0) is 9.83. The SMILES string of the molecule is C1CC2C3CCCC3C3CCCC3C2C1. The van der Waals surface area contributed by atoms with E-state index < -0.39 is 0 Å². The van der Waals surface area contributed by atoms with Crippen molar-refractivity contribution in [3.8, 4) is 0 Å². The van der Waals surface area contributed by atoms with E-state index >= 15 is 0 Å². The first-order valence-electron chi connectivity index (χ1n) is 7.45. The van der Waals surface area contributed by atoms with Crippen LogP contribution in [0.25, 0.3) is 0 Å². The first kappa shape index (κ1) is 9.07. The molecule has 4 aliphatic rings. The molecule has 0 nitrogen and oxygen atoms in total. The smallest absolute Gasteiger partial charge is 0.0352 e. The molecule has 0 heterocycles. The van der Waals surface area contributed by atoms with E-state index in [1.54, 1.807) is 57.8 Å². The van der Waals surface area contributed by atoms with Gasteiger partial charge in [0.1, 0.15) is 0 Å². The molecule has 0 aromatic heterocycles. The molecule has 0 saturated heterocycles. The number of hydrogen-bond acceptors (Lipinski definition) is 0. The van der Waals surface area contributed by atoms with Gasteiger partial charge in [-0.3, -0.25) is 0 Å². The minimum atomic E-state index is 1.19. The summed E-state index contributed by atoms with van der Waals surface area (Å²) in [5, 5.41) is 0. The van der Waals surface area contributed by atoms with Gasteiger partial charge in [0.15, 0.2) is 0 Å². The third-order valence-electron chi connectivity index (χ3n) is 6.52. The zero-order valence-electron chi connectivity index (χ0n) is 9.83. The van der Waals surface area contributed by atoms with Crippen molar-refractivity contribution >= 4 is 0 Å². The normalized spacial score (nSPS) is 57.6. The summed E-state index contributed by atoms with van der Waals surface area (Å²) in [6.07, 6.45) is 14.4. The van der Waals surface area contributed by atoms with Gasteiger partial charge >= 0.3 is 0 Å². The van der Waals surface area contributed by atoms with E-state index in [-0.39, 0.29) is 0 Å². The molecule has 4 saturated carbocycles. The Morgan fingerprint density at radius 1 is 0.333 bits per heavy atom. The first-order valence-corrected chi connectivity index (χ1v) is 7.45. The monoisotopic (exact) mass is 204 g/mol. The van der Waals surface area contributed by atoms with Crippen molar-refractivity contribution < 1.29 is 0 Å². The highest BCUT2D eigenvalue weighted by atomic mass is 14.6. The quantitative estimate of drug-likeness (QED) is 0.553. The van der Waals surface area contributed by atoms with Crippen LogP contribution in [-0.4, -0.2) is 0 Å². The third-order valence-corrected chi connectivity index (χ3v) is 6.52. The van der Waals surface area contributed by atoms with Crippen LogP contribution in [0.2, 0.25) is 0 Å². The molecule has 0 amide bonds. The van der Waals surface area contributed by atoms with Gasteiger partial charge in [0, 0.05) is 0 Å². The van der Waals surface area contributed by atoms with Crippen LogP contribution in [0.5, 0.6) is 0 Å².